The Morgan fingerprint density at radius 1 is 1.10 bits per heavy atom. The highest BCUT2D eigenvalue weighted by Gasteiger charge is 2.21. The van der Waals surface area contributed by atoms with Gasteiger partial charge in [-0.2, -0.15) is 0 Å². The fraction of sp³-hybridized carbons (Fsp3) is 0.696. The lowest BCUT2D eigenvalue weighted by Crippen LogP contribution is -2.52. The van der Waals surface area contributed by atoms with Gasteiger partial charge in [0.1, 0.15) is 0 Å². The van der Waals surface area contributed by atoms with E-state index in [4.69, 9.17) is 14.5 Å². The Bertz CT molecular complexity index is 695. The van der Waals surface area contributed by atoms with Crippen molar-refractivity contribution in [3.63, 3.8) is 0 Å². The first-order valence-corrected chi connectivity index (χ1v) is 11.3. The van der Waals surface area contributed by atoms with E-state index in [1.807, 2.05) is 6.07 Å². The van der Waals surface area contributed by atoms with E-state index in [9.17, 15) is 0 Å². The number of hydrogen-bond donors (Lipinski definition) is 1. The molecule has 3 rings (SSSR count). The SMILES string of the molecule is CCNC(=NCC1CCCN(C)C1)N1CCN(Cc2ccc(OC)c(OC)c2)CC1.I. The summed E-state index contributed by atoms with van der Waals surface area (Å²) in [5.41, 5.74) is 1.25. The molecule has 0 bridgehead atoms. The Balaban J connectivity index is 0.00000341. The summed E-state index contributed by atoms with van der Waals surface area (Å²) in [6.45, 7) is 11.4. The first-order valence-electron chi connectivity index (χ1n) is 11.3. The Morgan fingerprint density at radius 3 is 2.48 bits per heavy atom. The van der Waals surface area contributed by atoms with Crippen LogP contribution in [0, 0.1) is 5.92 Å². The smallest absolute Gasteiger partial charge is 0.194 e. The van der Waals surface area contributed by atoms with Gasteiger partial charge in [0.2, 0.25) is 0 Å². The molecule has 0 aliphatic carbocycles. The Kier molecular flexibility index (Phi) is 11.2. The molecule has 0 spiro atoms. The Labute approximate surface area is 205 Å². The molecule has 2 aliphatic rings. The summed E-state index contributed by atoms with van der Waals surface area (Å²) in [6, 6.07) is 6.20. The highest BCUT2D eigenvalue weighted by molar-refractivity contribution is 14.0. The number of hydrogen-bond acceptors (Lipinski definition) is 5. The van der Waals surface area contributed by atoms with Gasteiger partial charge in [0, 0.05) is 52.4 Å². The van der Waals surface area contributed by atoms with Gasteiger partial charge in [0.05, 0.1) is 14.2 Å². The zero-order valence-electron chi connectivity index (χ0n) is 19.6. The fourth-order valence-electron chi connectivity index (χ4n) is 4.42. The molecule has 1 aromatic rings. The van der Waals surface area contributed by atoms with E-state index < -0.39 is 0 Å². The number of halogens is 1. The number of ether oxygens (including phenoxy) is 2. The first-order chi connectivity index (χ1) is 14.6. The summed E-state index contributed by atoms with van der Waals surface area (Å²) in [7, 11) is 5.58. The third kappa shape index (κ3) is 7.68. The molecule has 0 radical (unpaired) electrons. The van der Waals surface area contributed by atoms with Crippen LogP contribution in [0.4, 0.5) is 0 Å². The second-order valence-corrected chi connectivity index (χ2v) is 8.42. The normalized spacial score (nSPS) is 20.8. The molecular formula is C23H40IN5O2. The van der Waals surface area contributed by atoms with Crippen molar-refractivity contribution >= 4 is 29.9 Å². The number of piperazine rings is 1. The van der Waals surface area contributed by atoms with E-state index >= 15 is 0 Å². The van der Waals surface area contributed by atoms with Crippen LogP contribution < -0.4 is 14.8 Å². The molecule has 8 heteroatoms. The van der Waals surface area contributed by atoms with Crippen molar-refractivity contribution in [3.05, 3.63) is 23.8 Å². The van der Waals surface area contributed by atoms with Crippen LogP contribution in [0.1, 0.15) is 25.3 Å². The lowest BCUT2D eigenvalue weighted by Gasteiger charge is -2.37. The number of nitrogens with one attached hydrogen (secondary N) is 1. The van der Waals surface area contributed by atoms with Crippen molar-refractivity contribution in [2.45, 2.75) is 26.3 Å². The maximum Gasteiger partial charge on any atom is 0.194 e. The van der Waals surface area contributed by atoms with Crippen LogP contribution >= 0.6 is 24.0 Å². The summed E-state index contributed by atoms with van der Waals surface area (Å²) < 4.78 is 10.8. The molecule has 0 aromatic heterocycles. The minimum Gasteiger partial charge on any atom is -0.493 e. The molecule has 0 amide bonds. The van der Waals surface area contributed by atoms with Crippen LogP contribution in [0.15, 0.2) is 23.2 Å². The quantitative estimate of drug-likeness (QED) is 0.323. The topological polar surface area (TPSA) is 52.6 Å². The molecule has 2 saturated heterocycles. The summed E-state index contributed by atoms with van der Waals surface area (Å²) in [5, 5.41) is 3.51. The van der Waals surface area contributed by atoms with Gasteiger partial charge in [-0.3, -0.25) is 9.89 Å². The molecule has 176 valence electrons. The van der Waals surface area contributed by atoms with Crippen LogP contribution in [0.25, 0.3) is 0 Å². The molecule has 2 heterocycles. The minimum absolute atomic E-state index is 0. The average molecular weight is 546 g/mol. The van der Waals surface area contributed by atoms with Crippen molar-refractivity contribution in [3.8, 4) is 11.5 Å². The molecule has 2 fully saturated rings. The van der Waals surface area contributed by atoms with Crippen molar-refractivity contribution in [2.75, 3.05) is 73.6 Å². The number of guanidine groups is 1. The van der Waals surface area contributed by atoms with Crippen LogP contribution in [-0.4, -0.2) is 94.3 Å². The Hall–Kier alpha value is -1.26. The lowest BCUT2D eigenvalue weighted by atomic mass is 9.99. The molecule has 2 aliphatic heterocycles. The standard InChI is InChI=1S/C23H39N5O2.HI/c1-5-24-23(25-16-20-7-6-10-26(2)17-20)28-13-11-27(12-14-28)18-19-8-9-21(29-3)22(15-19)30-4;/h8-9,15,20H,5-7,10-14,16-18H2,1-4H3,(H,24,25);1H. The van der Waals surface area contributed by atoms with Crippen LogP contribution in [0.3, 0.4) is 0 Å². The number of aliphatic imine (C=N–C) groups is 1. The van der Waals surface area contributed by atoms with Gasteiger partial charge in [-0.15, -0.1) is 24.0 Å². The van der Waals surface area contributed by atoms with E-state index in [0.29, 0.717) is 5.92 Å². The number of piperidine rings is 1. The maximum absolute atomic E-state index is 5.45. The summed E-state index contributed by atoms with van der Waals surface area (Å²) in [6.07, 6.45) is 2.59. The zero-order valence-corrected chi connectivity index (χ0v) is 21.9. The summed E-state index contributed by atoms with van der Waals surface area (Å²) >= 11 is 0. The number of methoxy groups -OCH3 is 2. The highest BCUT2D eigenvalue weighted by Crippen LogP contribution is 2.28. The maximum atomic E-state index is 5.45. The predicted molar refractivity (Wildman–Crippen MR) is 138 cm³/mol. The second-order valence-electron chi connectivity index (χ2n) is 8.42. The molecule has 1 aromatic carbocycles. The van der Waals surface area contributed by atoms with Crippen molar-refractivity contribution in [2.24, 2.45) is 10.9 Å². The number of benzene rings is 1. The minimum atomic E-state index is 0. The molecule has 1 atom stereocenters. The molecule has 7 nitrogen and oxygen atoms in total. The predicted octanol–water partition coefficient (Wildman–Crippen LogP) is 2.75. The van der Waals surface area contributed by atoms with Crippen LogP contribution in [-0.2, 0) is 6.54 Å². The van der Waals surface area contributed by atoms with E-state index in [-0.39, 0.29) is 24.0 Å². The van der Waals surface area contributed by atoms with Gasteiger partial charge in [-0.05, 0) is 57.0 Å². The molecule has 1 N–H and O–H groups in total. The average Bonchev–Trinajstić information content (AvgIpc) is 2.77. The van der Waals surface area contributed by atoms with Crippen LogP contribution in [0.2, 0.25) is 0 Å². The lowest BCUT2D eigenvalue weighted by molar-refractivity contribution is 0.171. The monoisotopic (exact) mass is 545 g/mol. The zero-order chi connectivity index (χ0) is 21.3. The van der Waals surface area contributed by atoms with E-state index in [1.165, 1.54) is 31.5 Å². The molecule has 1 unspecified atom stereocenters. The van der Waals surface area contributed by atoms with Crippen LogP contribution in [0.5, 0.6) is 11.5 Å². The Morgan fingerprint density at radius 2 is 1.84 bits per heavy atom. The van der Waals surface area contributed by atoms with E-state index in [0.717, 1.165) is 63.3 Å². The number of rotatable bonds is 7. The van der Waals surface area contributed by atoms with Gasteiger partial charge < -0.3 is 24.6 Å². The first kappa shape index (κ1) is 26.0. The van der Waals surface area contributed by atoms with Gasteiger partial charge in [-0.1, -0.05) is 6.07 Å². The van der Waals surface area contributed by atoms with Gasteiger partial charge in [0.15, 0.2) is 17.5 Å². The summed E-state index contributed by atoms with van der Waals surface area (Å²) in [4.78, 5) is 12.4. The van der Waals surface area contributed by atoms with Crippen molar-refractivity contribution in [1.82, 2.24) is 20.0 Å². The van der Waals surface area contributed by atoms with Gasteiger partial charge in [0.25, 0.3) is 0 Å². The molecule has 31 heavy (non-hydrogen) atoms. The molecule has 0 saturated carbocycles. The number of likely N-dealkylation sites (tertiary alicyclic amines) is 1. The highest BCUT2D eigenvalue weighted by atomic mass is 127. The summed E-state index contributed by atoms with van der Waals surface area (Å²) in [5.74, 6) is 3.34. The fourth-order valence-corrected chi connectivity index (χ4v) is 4.42. The van der Waals surface area contributed by atoms with Crippen molar-refractivity contribution < 1.29 is 9.47 Å². The van der Waals surface area contributed by atoms with Gasteiger partial charge >= 0.3 is 0 Å². The van der Waals surface area contributed by atoms with E-state index in [2.05, 4.69) is 46.1 Å². The molecular weight excluding hydrogens is 505 g/mol. The van der Waals surface area contributed by atoms with E-state index in [1.54, 1.807) is 14.2 Å². The largest absolute Gasteiger partial charge is 0.493 e. The van der Waals surface area contributed by atoms with Crippen molar-refractivity contribution in [1.29, 1.82) is 0 Å². The third-order valence-corrected chi connectivity index (χ3v) is 6.08. The van der Waals surface area contributed by atoms with Gasteiger partial charge in [-0.25, -0.2) is 0 Å². The third-order valence-electron chi connectivity index (χ3n) is 6.08. The second kappa shape index (κ2) is 13.3. The number of nitrogens with zero attached hydrogens (tertiary/aromatic N) is 4.